The van der Waals surface area contributed by atoms with Crippen molar-refractivity contribution in [1.82, 2.24) is 20.0 Å². The fraction of sp³-hybridized carbons (Fsp3) is 0.812. The van der Waals surface area contributed by atoms with Gasteiger partial charge in [-0.25, -0.2) is 4.79 Å². The summed E-state index contributed by atoms with van der Waals surface area (Å²) in [6.45, 7) is 2.16. The first kappa shape index (κ1) is 18.7. The third-order valence-electron chi connectivity index (χ3n) is 4.59. The minimum Gasteiger partial charge on any atom is -0.388 e. The van der Waals surface area contributed by atoms with E-state index in [2.05, 4.69) is 5.32 Å². The number of urea groups is 1. The summed E-state index contributed by atoms with van der Waals surface area (Å²) in [6, 6.07) is -0.421. The van der Waals surface area contributed by atoms with Gasteiger partial charge < -0.3 is 20.2 Å². The van der Waals surface area contributed by atoms with Gasteiger partial charge in [0.1, 0.15) is 0 Å². The molecular formula is C16H28N4O4. The molecule has 2 rings (SSSR count). The lowest BCUT2D eigenvalue weighted by atomic mass is 9.94. The molecule has 2 saturated heterocycles. The van der Waals surface area contributed by atoms with E-state index in [0.29, 0.717) is 39.0 Å². The van der Waals surface area contributed by atoms with Crippen LogP contribution in [0.25, 0.3) is 0 Å². The van der Waals surface area contributed by atoms with Crippen molar-refractivity contribution in [2.24, 2.45) is 0 Å². The van der Waals surface area contributed by atoms with Crippen molar-refractivity contribution in [3.05, 3.63) is 0 Å². The number of nitrogens with zero attached hydrogens (tertiary/aromatic N) is 3. The van der Waals surface area contributed by atoms with E-state index in [-0.39, 0.29) is 31.2 Å². The van der Waals surface area contributed by atoms with Crippen LogP contribution in [-0.4, -0.2) is 90.1 Å². The zero-order valence-electron chi connectivity index (χ0n) is 14.6. The molecule has 2 N–H and O–H groups in total. The van der Waals surface area contributed by atoms with Crippen LogP contribution in [0.2, 0.25) is 0 Å². The van der Waals surface area contributed by atoms with Gasteiger partial charge in [0.2, 0.25) is 11.8 Å². The maximum atomic E-state index is 12.4. The van der Waals surface area contributed by atoms with Crippen LogP contribution in [0, 0.1) is 0 Å². The van der Waals surface area contributed by atoms with Crippen molar-refractivity contribution in [2.75, 3.05) is 46.8 Å². The molecule has 2 heterocycles. The van der Waals surface area contributed by atoms with Crippen LogP contribution in [0.15, 0.2) is 0 Å². The van der Waals surface area contributed by atoms with E-state index in [4.69, 9.17) is 0 Å². The van der Waals surface area contributed by atoms with E-state index in [1.54, 1.807) is 4.90 Å². The van der Waals surface area contributed by atoms with Crippen molar-refractivity contribution in [3.63, 3.8) is 0 Å². The third kappa shape index (κ3) is 4.91. The fourth-order valence-electron chi connectivity index (χ4n) is 3.39. The van der Waals surface area contributed by atoms with Crippen LogP contribution >= 0.6 is 0 Å². The highest BCUT2D eigenvalue weighted by Crippen LogP contribution is 2.23. The molecule has 0 bridgehead atoms. The standard InChI is InChI=1S/C16H28N4O4/c1-18(2)12-16(24)6-3-9-19(11-7-16)13(21)5-10-20-14(22)4-8-17-15(20)23/h24H,3-12H2,1-2H3,(H,17,23). The van der Waals surface area contributed by atoms with Gasteiger partial charge in [-0.3, -0.25) is 14.5 Å². The SMILES string of the molecule is CN(C)CC1(O)CCCN(C(=O)CCN2C(=O)CCNC2=O)CC1. The van der Waals surface area contributed by atoms with Gasteiger partial charge in [0.15, 0.2) is 0 Å². The van der Waals surface area contributed by atoms with Crippen LogP contribution in [0.3, 0.4) is 0 Å². The minimum atomic E-state index is -0.763. The van der Waals surface area contributed by atoms with Crippen LogP contribution in [0.5, 0.6) is 0 Å². The van der Waals surface area contributed by atoms with Gasteiger partial charge in [-0.15, -0.1) is 0 Å². The average molecular weight is 340 g/mol. The van der Waals surface area contributed by atoms with Crippen molar-refractivity contribution in [2.45, 2.75) is 37.7 Å². The largest absolute Gasteiger partial charge is 0.388 e. The smallest absolute Gasteiger partial charge is 0.324 e. The number of hydrogen-bond donors (Lipinski definition) is 2. The molecule has 8 heteroatoms. The molecule has 0 aromatic carbocycles. The van der Waals surface area contributed by atoms with Crippen LogP contribution < -0.4 is 5.32 Å². The number of aliphatic hydroxyl groups is 1. The van der Waals surface area contributed by atoms with Gasteiger partial charge in [-0.05, 0) is 33.4 Å². The zero-order valence-corrected chi connectivity index (χ0v) is 14.6. The molecular weight excluding hydrogens is 312 g/mol. The van der Waals surface area contributed by atoms with Gasteiger partial charge in [-0.2, -0.15) is 0 Å². The van der Waals surface area contributed by atoms with Gasteiger partial charge in [0.05, 0.1) is 5.60 Å². The topological polar surface area (TPSA) is 93.2 Å². The highest BCUT2D eigenvalue weighted by atomic mass is 16.3. The molecule has 1 unspecified atom stereocenters. The highest BCUT2D eigenvalue weighted by molar-refractivity contribution is 5.97. The predicted octanol–water partition coefficient (Wildman–Crippen LogP) is -0.376. The summed E-state index contributed by atoms with van der Waals surface area (Å²) < 4.78 is 0. The van der Waals surface area contributed by atoms with Gasteiger partial charge in [-0.1, -0.05) is 0 Å². The lowest BCUT2D eigenvalue weighted by molar-refractivity contribution is -0.133. The minimum absolute atomic E-state index is 0.0738. The zero-order chi connectivity index (χ0) is 17.7. The maximum Gasteiger partial charge on any atom is 0.324 e. The van der Waals surface area contributed by atoms with Gasteiger partial charge >= 0.3 is 6.03 Å². The number of likely N-dealkylation sites (N-methyl/N-ethyl adjacent to an activating group) is 1. The Bertz CT molecular complexity index is 480. The second-order valence-corrected chi connectivity index (χ2v) is 6.97. The van der Waals surface area contributed by atoms with Crippen molar-refractivity contribution >= 4 is 17.8 Å². The average Bonchev–Trinajstić information content (AvgIpc) is 2.67. The normalized spacial score (nSPS) is 25.7. The number of carbonyl (C=O) groups is 3. The molecule has 0 spiro atoms. The summed E-state index contributed by atoms with van der Waals surface area (Å²) in [4.78, 5) is 40.6. The Morgan fingerprint density at radius 1 is 1.29 bits per heavy atom. The number of rotatable bonds is 5. The Morgan fingerprint density at radius 3 is 2.71 bits per heavy atom. The number of carbonyl (C=O) groups excluding carboxylic acids is 3. The maximum absolute atomic E-state index is 12.4. The molecule has 136 valence electrons. The molecule has 24 heavy (non-hydrogen) atoms. The molecule has 1 atom stereocenters. The molecule has 4 amide bonds. The number of nitrogens with one attached hydrogen (secondary N) is 1. The van der Waals surface area contributed by atoms with Crippen LogP contribution in [0.4, 0.5) is 4.79 Å². The van der Waals surface area contributed by atoms with E-state index >= 15 is 0 Å². The first-order chi connectivity index (χ1) is 11.3. The quantitative estimate of drug-likeness (QED) is 0.712. The molecule has 2 aliphatic heterocycles. The Labute approximate surface area is 142 Å². The Hall–Kier alpha value is -1.67. The summed E-state index contributed by atoms with van der Waals surface area (Å²) in [7, 11) is 3.85. The number of amides is 4. The van der Waals surface area contributed by atoms with Gasteiger partial charge in [0, 0.05) is 45.6 Å². The third-order valence-corrected chi connectivity index (χ3v) is 4.59. The number of hydrogen-bond acceptors (Lipinski definition) is 5. The summed E-state index contributed by atoms with van der Waals surface area (Å²) in [5.41, 5.74) is -0.763. The lowest BCUT2D eigenvalue weighted by Gasteiger charge is -2.30. The summed E-state index contributed by atoms with van der Waals surface area (Å²) in [5, 5.41) is 13.2. The molecule has 0 saturated carbocycles. The summed E-state index contributed by atoms with van der Waals surface area (Å²) in [6.07, 6.45) is 2.37. The number of imide groups is 1. The first-order valence-electron chi connectivity index (χ1n) is 8.54. The molecule has 2 aliphatic rings. The fourth-order valence-corrected chi connectivity index (χ4v) is 3.39. The monoisotopic (exact) mass is 340 g/mol. The van der Waals surface area contributed by atoms with E-state index in [1.165, 1.54) is 0 Å². The van der Waals surface area contributed by atoms with E-state index < -0.39 is 11.6 Å². The van der Waals surface area contributed by atoms with Crippen LogP contribution in [-0.2, 0) is 9.59 Å². The van der Waals surface area contributed by atoms with Gasteiger partial charge in [0.25, 0.3) is 0 Å². The number of likely N-dealkylation sites (tertiary alicyclic amines) is 1. The summed E-state index contributed by atoms with van der Waals surface area (Å²) >= 11 is 0. The highest BCUT2D eigenvalue weighted by Gasteiger charge is 2.32. The molecule has 0 aliphatic carbocycles. The van der Waals surface area contributed by atoms with Crippen molar-refractivity contribution in [1.29, 1.82) is 0 Å². The van der Waals surface area contributed by atoms with E-state index in [9.17, 15) is 19.5 Å². The Morgan fingerprint density at radius 2 is 2.04 bits per heavy atom. The Balaban J connectivity index is 1.84. The molecule has 0 aromatic heterocycles. The molecule has 8 nitrogen and oxygen atoms in total. The molecule has 0 aromatic rings. The first-order valence-corrected chi connectivity index (χ1v) is 8.54. The molecule has 0 radical (unpaired) electrons. The van der Waals surface area contributed by atoms with Crippen LogP contribution in [0.1, 0.15) is 32.1 Å². The predicted molar refractivity (Wildman–Crippen MR) is 88.3 cm³/mol. The second-order valence-electron chi connectivity index (χ2n) is 6.97. The summed E-state index contributed by atoms with van der Waals surface area (Å²) in [5.74, 6) is -0.307. The lowest BCUT2D eigenvalue weighted by Crippen LogP contribution is -2.51. The van der Waals surface area contributed by atoms with Crippen molar-refractivity contribution < 1.29 is 19.5 Å². The van der Waals surface area contributed by atoms with Crippen molar-refractivity contribution in [3.8, 4) is 0 Å². The van der Waals surface area contributed by atoms with E-state index in [1.807, 2.05) is 19.0 Å². The molecule has 2 fully saturated rings. The Kier molecular flexibility index (Phi) is 6.17. The van der Waals surface area contributed by atoms with E-state index in [0.717, 1.165) is 11.3 Å². The second kappa shape index (κ2) is 7.94.